The number of carbonyl (C=O) groups is 2. The quantitative estimate of drug-likeness (QED) is 0.734. The molecule has 0 unspecified atom stereocenters. The predicted octanol–water partition coefficient (Wildman–Crippen LogP) is 0.870. The van der Waals surface area contributed by atoms with Gasteiger partial charge in [-0.3, -0.25) is 9.59 Å². The highest BCUT2D eigenvalue weighted by atomic mass is 32.2. The van der Waals surface area contributed by atoms with Crippen LogP contribution in [0.4, 0.5) is 0 Å². The number of rotatable bonds is 6. The molecule has 2 rings (SSSR count). The number of benzene rings is 1. The third kappa shape index (κ3) is 4.70. The van der Waals surface area contributed by atoms with Crippen molar-refractivity contribution in [2.24, 2.45) is 0 Å². The fourth-order valence-corrected chi connectivity index (χ4v) is 3.60. The van der Waals surface area contributed by atoms with Crippen LogP contribution in [0.15, 0.2) is 18.2 Å². The number of hydrogen-bond acceptors (Lipinski definition) is 5. The van der Waals surface area contributed by atoms with E-state index in [1.54, 1.807) is 36.9 Å². The molecule has 1 saturated heterocycles. The van der Waals surface area contributed by atoms with E-state index in [1.807, 2.05) is 0 Å². The molecule has 1 fully saturated rings. The number of carboxylic acid groups (broad SMARTS) is 1. The molecule has 142 valence electrons. The fraction of sp³-hybridized carbons (Fsp3) is 0.500. The van der Waals surface area contributed by atoms with Crippen molar-refractivity contribution in [3.63, 3.8) is 0 Å². The molecule has 8 heteroatoms. The summed E-state index contributed by atoms with van der Waals surface area (Å²) in [4.78, 5) is 25.7. The number of aryl methyl sites for hydroxylation is 1. The summed E-state index contributed by atoms with van der Waals surface area (Å²) in [5, 5.41) is 9.99. The molecule has 0 atom stereocenters. The molecule has 0 radical (unpaired) electrons. The number of carboxylic acids is 1. The van der Waals surface area contributed by atoms with Crippen LogP contribution >= 0.6 is 0 Å². The van der Waals surface area contributed by atoms with Gasteiger partial charge >= 0.3 is 5.97 Å². The Bertz CT molecular complexity index is 814. The maximum absolute atomic E-state index is 13.0. The normalized spacial score (nSPS) is 14.8. The lowest BCUT2D eigenvalue weighted by Gasteiger charge is -2.35. The van der Waals surface area contributed by atoms with E-state index >= 15 is 0 Å². The first-order valence-electron chi connectivity index (χ1n) is 8.37. The fourth-order valence-electron chi connectivity index (χ4n) is 3.13. The molecule has 26 heavy (non-hydrogen) atoms. The van der Waals surface area contributed by atoms with Crippen LogP contribution in [0.5, 0.6) is 0 Å². The second kappa shape index (κ2) is 8.46. The van der Waals surface area contributed by atoms with Crippen LogP contribution in [0.2, 0.25) is 0 Å². The summed E-state index contributed by atoms with van der Waals surface area (Å²) in [6, 6.07) is 5.15. The lowest BCUT2D eigenvalue weighted by molar-refractivity contribution is -0.140. The summed E-state index contributed by atoms with van der Waals surface area (Å²) in [5.74, 6) is -1.07. The third-order valence-corrected chi connectivity index (χ3v) is 4.95. The van der Waals surface area contributed by atoms with Gasteiger partial charge in [-0.15, -0.1) is 0 Å². The number of carbonyl (C=O) groups excluding carboxylic acids is 1. The van der Waals surface area contributed by atoms with Crippen molar-refractivity contribution in [3.05, 3.63) is 34.9 Å². The lowest BCUT2D eigenvalue weighted by atomic mass is 9.79. The van der Waals surface area contributed by atoms with E-state index in [-0.39, 0.29) is 18.7 Å². The summed E-state index contributed by atoms with van der Waals surface area (Å²) >= 11 is 0. The molecule has 0 saturated carbocycles. The Balaban J connectivity index is 2.48. The van der Waals surface area contributed by atoms with E-state index in [4.69, 9.17) is 9.84 Å². The second-order valence-electron chi connectivity index (χ2n) is 6.68. The summed E-state index contributed by atoms with van der Waals surface area (Å²) in [6.45, 7) is 5.45. The Morgan fingerprint density at radius 2 is 1.92 bits per heavy atom. The molecule has 1 aromatic carbocycles. The van der Waals surface area contributed by atoms with Gasteiger partial charge in [0.15, 0.2) is 0 Å². The van der Waals surface area contributed by atoms with Crippen LogP contribution in [0.3, 0.4) is 0 Å². The molecular formula is C18H23NO6S. The zero-order valence-corrected chi connectivity index (χ0v) is 15.7. The van der Waals surface area contributed by atoms with E-state index in [9.17, 15) is 18.0 Å². The molecule has 1 aliphatic heterocycles. The second-order valence-corrected chi connectivity index (χ2v) is 7.44. The Hall–Kier alpha value is -2.19. The smallest absolute Gasteiger partial charge is 0.303 e. The Morgan fingerprint density at radius 3 is 2.50 bits per heavy atom. The van der Waals surface area contributed by atoms with Crippen molar-refractivity contribution in [3.8, 4) is 0 Å². The molecule has 0 aliphatic carbocycles. The summed E-state index contributed by atoms with van der Waals surface area (Å²) in [6.07, 6.45) is 0.0711. The predicted molar refractivity (Wildman–Crippen MR) is 96.9 cm³/mol. The number of morpholine rings is 1. The third-order valence-electron chi connectivity index (χ3n) is 4.53. The van der Waals surface area contributed by atoms with Crippen LogP contribution in [0.25, 0.3) is 0 Å². The van der Waals surface area contributed by atoms with Crippen LogP contribution in [0, 0.1) is 0 Å². The lowest BCUT2D eigenvalue weighted by Crippen LogP contribution is -2.48. The highest BCUT2D eigenvalue weighted by molar-refractivity contribution is 7.71. The van der Waals surface area contributed by atoms with Crippen LogP contribution < -0.4 is 0 Å². The molecule has 1 aliphatic rings. The molecule has 1 N–H and O–H groups in total. The molecule has 7 nitrogen and oxygen atoms in total. The minimum absolute atomic E-state index is 0.109. The van der Waals surface area contributed by atoms with E-state index in [0.717, 1.165) is 5.37 Å². The van der Waals surface area contributed by atoms with Gasteiger partial charge in [0.05, 0.1) is 24.0 Å². The molecule has 0 aromatic heterocycles. The minimum atomic E-state index is -2.47. The SMILES string of the molecule is CC(C)(C(=O)N1CCOCC1)c1cccc(CCC(=O)O)c1C=S(=O)=O. The average molecular weight is 381 g/mol. The summed E-state index contributed by atoms with van der Waals surface area (Å²) in [7, 11) is -2.47. The highest BCUT2D eigenvalue weighted by Gasteiger charge is 2.36. The number of ether oxygens (including phenoxy) is 1. The molecule has 1 aromatic rings. The van der Waals surface area contributed by atoms with Gasteiger partial charge in [-0.1, -0.05) is 18.2 Å². The molecule has 1 heterocycles. The number of hydrogen-bond donors (Lipinski definition) is 1. The van der Waals surface area contributed by atoms with Gasteiger partial charge in [0.1, 0.15) is 0 Å². The first-order valence-corrected chi connectivity index (χ1v) is 9.51. The van der Waals surface area contributed by atoms with Crippen molar-refractivity contribution in [2.45, 2.75) is 32.1 Å². The highest BCUT2D eigenvalue weighted by Crippen LogP contribution is 2.30. The number of aliphatic carboxylic acids is 1. The Labute approximate surface area is 154 Å². The van der Waals surface area contributed by atoms with Crippen molar-refractivity contribution in [2.75, 3.05) is 26.3 Å². The first-order chi connectivity index (χ1) is 12.2. The number of nitrogens with zero attached hydrogens (tertiary/aromatic N) is 1. The maximum atomic E-state index is 13.0. The van der Waals surface area contributed by atoms with Gasteiger partial charge in [-0.25, -0.2) is 0 Å². The van der Waals surface area contributed by atoms with Crippen molar-refractivity contribution < 1.29 is 27.9 Å². The van der Waals surface area contributed by atoms with Crippen LogP contribution in [-0.4, -0.2) is 62.0 Å². The molecular weight excluding hydrogens is 358 g/mol. The standard InChI is InChI=1S/C18H23NO6S/c1-18(2,17(22)19-8-10-25-11-9-19)15-5-3-4-13(6-7-16(20)21)14(15)12-26(23)24/h3-5,12H,6-11H2,1-2H3,(H,20,21). The minimum Gasteiger partial charge on any atom is -0.481 e. The monoisotopic (exact) mass is 381 g/mol. The van der Waals surface area contributed by atoms with E-state index < -0.39 is 21.7 Å². The van der Waals surface area contributed by atoms with Crippen LogP contribution in [0.1, 0.15) is 37.0 Å². The van der Waals surface area contributed by atoms with Gasteiger partial charge in [0.25, 0.3) is 0 Å². The zero-order valence-electron chi connectivity index (χ0n) is 14.9. The Morgan fingerprint density at radius 1 is 1.27 bits per heavy atom. The van der Waals surface area contributed by atoms with E-state index in [0.29, 0.717) is 43.0 Å². The topological polar surface area (TPSA) is 101 Å². The van der Waals surface area contributed by atoms with Crippen molar-refractivity contribution in [1.82, 2.24) is 4.90 Å². The number of amides is 1. The van der Waals surface area contributed by atoms with E-state index in [2.05, 4.69) is 0 Å². The van der Waals surface area contributed by atoms with Gasteiger partial charge < -0.3 is 14.7 Å². The van der Waals surface area contributed by atoms with E-state index in [1.165, 1.54) is 0 Å². The summed E-state index contributed by atoms with van der Waals surface area (Å²) in [5.41, 5.74) is 0.605. The van der Waals surface area contributed by atoms with Crippen molar-refractivity contribution in [1.29, 1.82) is 0 Å². The largest absolute Gasteiger partial charge is 0.481 e. The molecule has 1 amide bonds. The van der Waals surface area contributed by atoms with Gasteiger partial charge in [-0.2, -0.15) is 8.42 Å². The maximum Gasteiger partial charge on any atom is 0.303 e. The summed E-state index contributed by atoms with van der Waals surface area (Å²) < 4.78 is 27.9. The van der Waals surface area contributed by atoms with Crippen molar-refractivity contribution >= 4 is 27.5 Å². The van der Waals surface area contributed by atoms with Gasteiger partial charge in [0.2, 0.25) is 16.2 Å². The molecule has 0 bridgehead atoms. The Kier molecular flexibility index (Phi) is 6.55. The van der Waals surface area contributed by atoms with Gasteiger partial charge in [-0.05, 0) is 37.0 Å². The van der Waals surface area contributed by atoms with Gasteiger partial charge in [0, 0.05) is 19.5 Å². The molecule has 0 spiro atoms. The van der Waals surface area contributed by atoms with Crippen LogP contribution in [-0.2, 0) is 36.5 Å². The zero-order chi connectivity index (χ0) is 19.3. The average Bonchev–Trinajstić information content (AvgIpc) is 2.60. The first kappa shape index (κ1) is 20.1.